The molecule has 2 aromatic heterocycles. The van der Waals surface area contributed by atoms with E-state index in [4.69, 9.17) is 11.6 Å². The quantitative estimate of drug-likeness (QED) is 0.463. The molecule has 0 saturated carbocycles. The Morgan fingerprint density at radius 3 is 2.60 bits per heavy atom. The second-order valence-electron chi connectivity index (χ2n) is 7.33. The van der Waals surface area contributed by atoms with Gasteiger partial charge < -0.3 is 16.0 Å². The van der Waals surface area contributed by atoms with Gasteiger partial charge in [-0.3, -0.25) is 14.0 Å². The van der Waals surface area contributed by atoms with Crippen molar-refractivity contribution in [1.29, 1.82) is 0 Å². The Morgan fingerprint density at radius 2 is 1.80 bits per heavy atom. The molecule has 3 N–H and O–H groups in total. The van der Waals surface area contributed by atoms with Gasteiger partial charge in [-0.1, -0.05) is 54.9 Å². The summed E-state index contributed by atoms with van der Waals surface area (Å²) in [6.45, 7) is 3.33. The average molecular weight is 428 g/mol. The predicted octanol–water partition coefficient (Wildman–Crippen LogP) is 2.19. The number of carbonyl (C=O) groups is 2. The number of amides is 2. The smallest absolute Gasteiger partial charge is 0.239 e. The van der Waals surface area contributed by atoms with Crippen molar-refractivity contribution in [3.05, 3.63) is 71.1 Å². The molecule has 1 aromatic carbocycles. The molecule has 30 heavy (non-hydrogen) atoms. The Balaban J connectivity index is 1.31. The Hall–Kier alpha value is -2.90. The van der Waals surface area contributed by atoms with Crippen LogP contribution in [0.2, 0.25) is 5.15 Å². The number of benzene rings is 1. The lowest BCUT2D eigenvalue weighted by molar-refractivity contribution is -0.125. The molecule has 0 saturated heterocycles. The third kappa shape index (κ3) is 6.57. The normalized spacial score (nSPS) is 11.9. The van der Waals surface area contributed by atoms with Crippen LogP contribution in [-0.4, -0.2) is 40.8 Å². The maximum absolute atomic E-state index is 12.0. The number of halogens is 1. The van der Waals surface area contributed by atoms with Crippen LogP contribution in [0.25, 0.3) is 5.65 Å². The largest absolute Gasteiger partial charge is 0.350 e. The molecule has 2 heterocycles. The van der Waals surface area contributed by atoms with Gasteiger partial charge in [0.25, 0.3) is 0 Å². The molecule has 0 spiro atoms. The van der Waals surface area contributed by atoms with Crippen LogP contribution >= 0.6 is 11.6 Å². The summed E-state index contributed by atoms with van der Waals surface area (Å²) in [5, 5.41) is 9.06. The van der Waals surface area contributed by atoms with E-state index in [0.717, 1.165) is 24.2 Å². The van der Waals surface area contributed by atoms with Gasteiger partial charge in [0, 0.05) is 12.7 Å². The molecule has 1 atom stereocenters. The van der Waals surface area contributed by atoms with Gasteiger partial charge in [-0.15, -0.1) is 0 Å². The zero-order valence-electron chi connectivity index (χ0n) is 16.9. The lowest BCUT2D eigenvalue weighted by atomic mass is 10.0. The highest BCUT2D eigenvalue weighted by atomic mass is 35.5. The summed E-state index contributed by atoms with van der Waals surface area (Å²) in [5.74, 6) is -0.0499. The molecule has 8 heteroatoms. The minimum absolute atomic E-state index is 0.0614. The number of imidazole rings is 1. The molecule has 2 amide bonds. The van der Waals surface area contributed by atoms with Crippen LogP contribution in [0.5, 0.6) is 0 Å². The van der Waals surface area contributed by atoms with Crippen LogP contribution < -0.4 is 16.0 Å². The number of nitrogens with zero attached hydrogens (tertiary/aromatic N) is 2. The van der Waals surface area contributed by atoms with Crippen LogP contribution in [0, 0.1) is 5.92 Å². The van der Waals surface area contributed by atoms with Crippen LogP contribution in [0.4, 0.5) is 0 Å². The third-order valence-corrected chi connectivity index (χ3v) is 4.94. The maximum atomic E-state index is 12.0. The SMILES string of the molecule is CC(CNCC(=O)NCC(=O)NCc1ccc2ncc(Cl)n2c1)Cc1ccccc1. The fraction of sp³-hybridized carbons (Fsp3) is 0.318. The summed E-state index contributed by atoms with van der Waals surface area (Å²) in [6, 6.07) is 14.0. The van der Waals surface area contributed by atoms with Crippen molar-refractivity contribution >= 4 is 29.1 Å². The molecule has 1 unspecified atom stereocenters. The number of fused-ring (bicyclic) bond motifs is 1. The molecule has 0 radical (unpaired) electrons. The Labute approximate surface area is 180 Å². The highest BCUT2D eigenvalue weighted by Gasteiger charge is 2.08. The third-order valence-electron chi connectivity index (χ3n) is 4.66. The molecular weight excluding hydrogens is 402 g/mol. The van der Waals surface area contributed by atoms with Crippen molar-refractivity contribution in [2.45, 2.75) is 19.9 Å². The summed E-state index contributed by atoms with van der Waals surface area (Å²) in [6.07, 6.45) is 4.35. The first-order valence-electron chi connectivity index (χ1n) is 9.91. The lowest BCUT2D eigenvalue weighted by Crippen LogP contribution is -2.41. The Morgan fingerprint density at radius 1 is 1.03 bits per heavy atom. The monoisotopic (exact) mass is 427 g/mol. The van der Waals surface area contributed by atoms with Crippen molar-refractivity contribution in [2.75, 3.05) is 19.6 Å². The van der Waals surface area contributed by atoms with Gasteiger partial charge in [-0.05, 0) is 36.1 Å². The Bertz CT molecular complexity index is 990. The summed E-state index contributed by atoms with van der Waals surface area (Å²) < 4.78 is 1.75. The zero-order chi connectivity index (χ0) is 21.3. The number of rotatable bonds is 10. The number of hydrogen-bond acceptors (Lipinski definition) is 4. The zero-order valence-corrected chi connectivity index (χ0v) is 17.7. The summed E-state index contributed by atoms with van der Waals surface area (Å²) >= 11 is 6.05. The first-order valence-corrected chi connectivity index (χ1v) is 10.3. The van der Waals surface area contributed by atoms with Crippen LogP contribution in [0.1, 0.15) is 18.1 Å². The summed E-state index contributed by atoms with van der Waals surface area (Å²) in [5.41, 5.74) is 2.91. The minimum Gasteiger partial charge on any atom is -0.350 e. The highest BCUT2D eigenvalue weighted by molar-refractivity contribution is 6.29. The lowest BCUT2D eigenvalue weighted by Gasteiger charge is -2.13. The van der Waals surface area contributed by atoms with Crippen molar-refractivity contribution in [1.82, 2.24) is 25.3 Å². The molecular formula is C22H26ClN5O2. The minimum atomic E-state index is -0.252. The molecule has 0 bridgehead atoms. The van der Waals surface area contributed by atoms with E-state index in [9.17, 15) is 9.59 Å². The first-order chi connectivity index (χ1) is 14.5. The van der Waals surface area contributed by atoms with Crippen LogP contribution in [0.3, 0.4) is 0 Å². The Kier molecular flexibility index (Phi) is 7.82. The van der Waals surface area contributed by atoms with Gasteiger partial charge >= 0.3 is 0 Å². The fourth-order valence-electron chi connectivity index (χ4n) is 3.12. The van der Waals surface area contributed by atoms with E-state index >= 15 is 0 Å². The fourth-order valence-corrected chi connectivity index (χ4v) is 3.31. The van der Waals surface area contributed by atoms with E-state index in [-0.39, 0.29) is 24.9 Å². The van der Waals surface area contributed by atoms with Gasteiger partial charge in [-0.25, -0.2) is 4.98 Å². The molecule has 3 rings (SSSR count). The molecule has 0 aliphatic heterocycles. The topological polar surface area (TPSA) is 87.5 Å². The van der Waals surface area contributed by atoms with Crippen LogP contribution in [-0.2, 0) is 22.6 Å². The number of pyridine rings is 1. The number of aromatic nitrogens is 2. The van der Waals surface area contributed by atoms with E-state index < -0.39 is 0 Å². The van der Waals surface area contributed by atoms with E-state index in [1.54, 1.807) is 10.6 Å². The second kappa shape index (κ2) is 10.8. The van der Waals surface area contributed by atoms with Gasteiger partial charge in [0.05, 0.1) is 19.3 Å². The molecule has 7 nitrogen and oxygen atoms in total. The summed E-state index contributed by atoms with van der Waals surface area (Å²) in [7, 11) is 0. The van der Waals surface area contributed by atoms with Gasteiger partial charge in [0.15, 0.2) is 0 Å². The summed E-state index contributed by atoms with van der Waals surface area (Å²) in [4.78, 5) is 28.1. The maximum Gasteiger partial charge on any atom is 0.239 e. The van der Waals surface area contributed by atoms with E-state index in [0.29, 0.717) is 17.6 Å². The van der Waals surface area contributed by atoms with Gasteiger partial charge in [0.2, 0.25) is 11.8 Å². The standard InChI is InChI=1S/C22H26ClN5O2/c1-16(9-17-5-3-2-4-6-17)10-24-13-21(29)27-14-22(30)26-11-18-7-8-20-25-12-19(23)28(20)15-18/h2-8,12,15-16,24H,9-11,13-14H2,1H3,(H,26,30)(H,27,29). The van der Waals surface area contributed by atoms with E-state index in [1.807, 2.05) is 36.5 Å². The predicted molar refractivity (Wildman–Crippen MR) is 117 cm³/mol. The van der Waals surface area contributed by atoms with Gasteiger partial charge in [0.1, 0.15) is 10.8 Å². The molecule has 0 fully saturated rings. The number of hydrogen-bond donors (Lipinski definition) is 3. The molecule has 0 aliphatic carbocycles. The second-order valence-corrected chi connectivity index (χ2v) is 7.71. The van der Waals surface area contributed by atoms with Gasteiger partial charge in [-0.2, -0.15) is 0 Å². The van der Waals surface area contributed by atoms with Crippen LogP contribution in [0.15, 0.2) is 54.9 Å². The number of carbonyl (C=O) groups excluding carboxylic acids is 2. The molecule has 0 aliphatic rings. The van der Waals surface area contributed by atoms with E-state index in [2.05, 4.69) is 40.0 Å². The van der Waals surface area contributed by atoms with Crippen molar-refractivity contribution in [3.63, 3.8) is 0 Å². The van der Waals surface area contributed by atoms with E-state index in [1.165, 1.54) is 5.56 Å². The molecule has 158 valence electrons. The van der Waals surface area contributed by atoms with Crippen molar-refractivity contribution in [3.8, 4) is 0 Å². The highest BCUT2D eigenvalue weighted by Crippen LogP contribution is 2.13. The van der Waals surface area contributed by atoms with Crippen molar-refractivity contribution < 1.29 is 9.59 Å². The van der Waals surface area contributed by atoms with Crippen molar-refractivity contribution in [2.24, 2.45) is 5.92 Å². The number of nitrogens with one attached hydrogen (secondary N) is 3. The molecule has 3 aromatic rings. The average Bonchev–Trinajstić information content (AvgIpc) is 3.11. The first kappa shape index (κ1) is 21.8.